The monoisotopic (exact) mass is 219 g/mol. The SMILES string of the molecule is CC(=O)c1c(C)c2c(n1C)C(C)C(C)C2C. The number of aromatic nitrogens is 1. The number of fused-ring (bicyclic) bond motifs is 1. The lowest BCUT2D eigenvalue weighted by molar-refractivity contribution is 0.100. The quantitative estimate of drug-likeness (QED) is 0.664. The molecule has 0 saturated carbocycles. The minimum atomic E-state index is 0.182. The molecule has 0 N–H and O–H groups in total. The van der Waals surface area contributed by atoms with Crippen LogP contribution in [-0.2, 0) is 7.05 Å². The van der Waals surface area contributed by atoms with E-state index < -0.39 is 0 Å². The summed E-state index contributed by atoms with van der Waals surface area (Å²) >= 11 is 0. The molecule has 16 heavy (non-hydrogen) atoms. The second kappa shape index (κ2) is 3.47. The number of carbonyl (C=O) groups is 1. The minimum Gasteiger partial charge on any atom is -0.345 e. The highest BCUT2D eigenvalue weighted by Crippen LogP contribution is 2.48. The molecular weight excluding hydrogens is 198 g/mol. The highest BCUT2D eigenvalue weighted by Gasteiger charge is 2.38. The molecule has 0 aliphatic heterocycles. The van der Waals surface area contributed by atoms with Crippen molar-refractivity contribution in [3.05, 3.63) is 22.5 Å². The van der Waals surface area contributed by atoms with E-state index in [1.54, 1.807) is 6.92 Å². The molecule has 0 radical (unpaired) electrons. The lowest BCUT2D eigenvalue weighted by atomic mass is 9.90. The third-order valence-corrected chi connectivity index (χ3v) is 4.53. The maximum atomic E-state index is 11.7. The predicted molar refractivity (Wildman–Crippen MR) is 66.1 cm³/mol. The van der Waals surface area contributed by atoms with Crippen molar-refractivity contribution in [2.75, 3.05) is 0 Å². The molecule has 0 aromatic carbocycles. The number of nitrogens with zero attached hydrogens (tertiary/aromatic N) is 1. The predicted octanol–water partition coefficient (Wildman–Crippen LogP) is 3.39. The Morgan fingerprint density at radius 2 is 1.75 bits per heavy atom. The van der Waals surface area contributed by atoms with E-state index in [1.165, 1.54) is 16.8 Å². The third kappa shape index (κ3) is 1.22. The van der Waals surface area contributed by atoms with Gasteiger partial charge in [0.25, 0.3) is 0 Å². The normalized spacial score (nSPS) is 28.2. The van der Waals surface area contributed by atoms with Gasteiger partial charge in [-0.1, -0.05) is 20.8 Å². The van der Waals surface area contributed by atoms with Gasteiger partial charge in [0.05, 0.1) is 5.69 Å². The summed E-state index contributed by atoms with van der Waals surface area (Å²) in [5.41, 5.74) is 4.90. The lowest BCUT2D eigenvalue weighted by Crippen LogP contribution is -2.11. The lowest BCUT2D eigenvalue weighted by Gasteiger charge is -2.17. The Labute approximate surface area is 97.7 Å². The second-order valence-corrected chi connectivity index (χ2v) is 5.32. The average molecular weight is 219 g/mol. The zero-order valence-corrected chi connectivity index (χ0v) is 11.1. The molecule has 2 nitrogen and oxygen atoms in total. The van der Waals surface area contributed by atoms with Crippen molar-refractivity contribution in [2.24, 2.45) is 13.0 Å². The van der Waals surface area contributed by atoms with Crippen LogP contribution < -0.4 is 0 Å². The smallest absolute Gasteiger partial charge is 0.176 e. The first-order chi connectivity index (χ1) is 7.37. The molecule has 1 aromatic rings. The van der Waals surface area contributed by atoms with Crippen LogP contribution in [0.3, 0.4) is 0 Å². The Bertz CT molecular complexity index is 422. The van der Waals surface area contributed by atoms with Crippen molar-refractivity contribution in [2.45, 2.75) is 46.5 Å². The number of carbonyl (C=O) groups excluding carboxylic acids is 1. The summed E-state index contributed by atoms with van der Waals surface area (Å²) in [6.07, 6.45) is 0. The number of rotatable bonds is 1. The zero-order valence-electron chi connectivity index (χ0n) is 11.1. The maximum Gasteiger partial charge on any atom is 0.176 e. The van der Waals surface area contributed by atoms with Crippen LogP contribution in [0, 0.1) is 12.8 Å². The van der Waals surface area contributed by atoms with Crippen LogP contribution in [0.5, 0.6) is 0 Å². The maximum absolute atomic E-state index is 11.7. The fourth-order valence-electron chi connectivity index (χ4n) is 3.44. The van der Waals surface area contributed by atoms with E-state index in [2.05, 4.69) is 32.3 Å². The molecule has 0 amide bonds. The first kappa shape index (κ1) is 11.4. The van der Waals surface area contributed by atoms with Gasteiger partial charge >= 0.3 is 0 Å². The van der Waals surface area contributed by atoms with E-state index in [9.17, 15) is 4.79 Å². The van der Waals surface area contributed by atoms with Crippen molar-refractivity contribution < 1.29 is 4.79 Å². The summed E-state index contributed by atoms with van der Waals surface area (Å²) in [6, 6.07) is 0. The molecule has 1 aliphatic carbocycles. The number of hydrogen-bond acceptors (Lipinski definition) is 1. The molecule has 3 unspecified atom stereocenters. The molecule has 0 fully saturated rings. The molecule has 88 valence electrons. The Balaban J connectivity index is 2.71. The molecule has 0 saturated heterocycles. The van der Waals surface area contributed by atoms with Crippen LogP contribution in [-0.4, -0.2) is 10.4 Å². The Morgan fingerprint density at radius 3 is 2.19 bits per heavy atom. The van der Waals surface area contributed by atoms with Crippen LogP contribution in [0.4, 0.5) is 0 Å². The summed E-state index contributed by atoms with van der Waals surface area (Å²) in [6.45, 7) is 10.6. The Kier molecular flexibility index (Phi) is 2.48. The summed E-state index contributed by atoms with van der Waals surface area (Å²) < 4.78 is 2.12. The van der Waals surface area contributed by atoms with Crippen molar-refractivity contribution in [3.8, 4) is 0 Å². The Morgan fingerprint density at radius 1 is 1.19 bits per heavy atom. The Hall–Kier alpha value is -1.05. The van der Waals surface area contributed by atoms with Gasteiger partial charge in [0.1, 0.15) is 0 Å². The summed E-state index contributed by atoms with van der Waals surface area (Å²) in [4.78, 5) is 11.7. The second-order valence-electron chi connectivity index (χ2n) is 5.32. The highest BCUT2D eigenvalue weighted by molar-refractivity contribution is 5.95. The molecule has 3 atom stereocenters. The van der Waals surface area contributed by atoms with Crippen molar-refractivity contribution >= 4 is 5.78 Å². The molecule has 1 aromatic heterocycles. The van der Waals surface area contributed by atoms with Gasteiger partial charge in [-0.05, 0) is 35.8 Å². The van der Waals surface area contributed by atoms with Crippen LogP contribution in [0.15, 0.2) is 0 Å². The van der Waals surface area contributed by atoms with Gasteiger partial charge < -0.3 is 4.57 Å². The van der Waals surface area contributed by atoms with Crippen LogP contribution >= 0.6 is 0 Å². The van der Waals surface area contributed by atoms with E-state index in [0.29, 0.717) is 17.8 Å². The molecular formula is C14H21NO. The van der Waals surface area contributed by atoms with E-state index >= 15 is 0 Å². The van der Waals surface area contributed by atoms with E-state index in [1.807, 2.05) is 7.05 Å². The summed E-state index contributed by atoms with van der Waals surface area (Å²) in [7, 11) is 2.03. The number of Topliss-reactive ketones (excluding diaryl/α,β-unsaturated/α-hetero) is 1. The average Bonchev–Trinajstić information content (AvgIpc) is 2.57. The fraction of sp³-hybridized carbons (Fsp3) is 0.643. The first-order valence-electron chi connectivity index (χ1n) is 6.07. The molecule has 1 aliphatic rings. The van der Waals surface area contributed by atoms with Gasteiger partial charge in [0, 0.05) is 19.7 Å². The van der Waals surface area contributed by atoms with Crippen LogP contribution in [0.2, 0.25) is 0 Å². The molecule has 1 heterocycles. The van der Waals surface area contributed by atoms with Gasteiger partial charge in [-0.25, -0.2) is 0 Å². The van der Waals surface area contributed by atoms with Crippen molar-refractivity contribution in [1.29, 1.82) is 0 Å². The highest BCUT2D eigenvalue weighted by atomic mass is 16.1. The number of ketones is 1. The minimum absolute atomic E-state index is 0.182. The zero-order chi connectivity index (χ0) is 12.2. The van der Waals surface area contributed by atoms with E-state index in [4.69, 9.17) is 0 Å². The number of hydrogen-bond donors (Lipinski definition) is 0. The first-order valence-corrected chi connectivity index (χ1v) is 6.07. The topological polar surface area (TPSA) is 22.0 Å². The van der Waals surface area contributed by atoms with Gasteiger partial charge in [-0.2, -0.15) is 0 Å². The third-order valence-electron chi connectivity index (χ3n) is 4.53. The van der Waals surface area contributed by atoms with Crippen molar-refractivity contribution in [1.82, 2.24) is 4.57 Å². The largest absolute Gasteiger partial charge is 0.345 e. The molecule has 0 bridgehead atoms. The van der Waals surface area contributed by atoms with Gasteiger partial charge in [0.2, 0.25) is 0 Å². The van der Waals surface area contributed by atoms with E-state index in [-0.39, 0.29) is 5.78 Å². The molecule has 2 rings (SSSR count). The van der Waals surface area contributed by atoms with Gasteiger partial charge in [-0.3, -0.25) is 4.79 Å². The molecule has 0 spiro atoms. The van der Waals surface area contributed by atoms with Crippen LogP contribution in [0.1, 0.15) is 66.8 Å². The molecule has 2 heteroatoms. The van der Waals surface area contributed by atoms with Gasteiger partial charge in [-0.15, -0.1) is 0 Å². The standard InChI is InChI=1S/C14H21NO/c1-7-8(2)12-10(4)13(11(5)16)15(6)14(12)9(7)3/h7-9H,1-6H3. The summed E-state index contributed by atoms with van der Waals surface area (Å²) in [5, 5.41) is 0. The van der Waals surface area contributed by atoms with E-state index in [0.717, 1.165) is 5.69 Å². The summed E-state index contributed by atoms with van der Waals surface area (Å²) in [5.74, 6) is 1.99. The van der Waals surface area contributed by atoms with Crippen molar-refractivity contribution in [3.63, 3.8) is 0 Å². The van der Waals surface area contributed by atoms with Crippen LogP contribution in [0.25, 0.3) is 0 Å². The van der Waals surface area contributed by atoms with Gasteiger partial charge in [0.15, 0.2) is 5.78 Å². The fourth-order valence-corrected chi connectivity index (χ4v) is 3.44.